The summed E-state index contributed by atoms with van der Waals surface area (Å²) in [6.45, 7) is 7.80. The second-order valence-corrected chi connectivity index (χ2v) is 6.23. The van der Waals surface area contributed by atoms with Crippen LogP contribution in [0.25, 0.3) is 0 Å². The Morgan fingerprint density at radius 1 is 1.17 bits per heavy atom. The van der Waals surface area contributed by atoms with Crippen molar-refractivity contribution >= 4 is 12.1 Å². The molecule has 0 spiro atoms. The number of esters is 1. The van der Waals surface area contributed by atoms with Gasteiger partial charge in [0.2, 0.25) is 0 Å². The number of alkyl carbamates (subject to hydrolysis) is 1. The average molecular weight is 323 g/mol. The molecular weight excluding hydrogens is 298 g/mol. The van der Waals surface area contributed by atoms with E-state index in [0.717, 1.165) is 5.56 Å². The molecule has 0 saturated heterocycles. The van der Waals surface area contributed by atoms with E-state index in [4.69, 9.17) is 9.47 Å². The first kappa shape index (κ1) is 18.8. The summed E-state index contributed by atoms with van der Waals surface area (Å²) in [5.41, 5.74) is 0.405. The predicted octanol–water partition coefficient (Wildman–Crippen LogP) is 2.90. The molecule has 128 valence electrons. The van der Waals surface area contributed by atoms with E-state index in [9.17, 15) is 9.59 Å². The molecule has 0 saturated carbocycles. The van der Waals surface area contributed by atoms with Crippen LogP contribution in [0.5, 0.6) is 5.75 Å². The van der Waals surface area contributed by atoms with Crippen LogP contribution in [-0.2, 0) is 20.8 Å². The van der Waals surface area contributed by atoms with Crippen molar-refractivity contribution in [3.63, 3.8) is 0 Å². The molecule has 1 N–H and O–H groups in total. The topological polar surface area (TPSA) is 73.9 Å². The summed E-state index contributed by atoms with van der Waals surface area (Å²) in [6, 6.07) is 7.26. The van der Waals surface area contributed by atoms with Crippen LogP contribution >= 0.6 is 0 Å². The number of methoxy groups -OCH3 is 1. The third-order valence-electron chi connectivity index (χ3n) is 2.86. The molecule has 0 bridgehead atoms. The summed E-state index contributed by atoms with van der Waals surface area (Å²) in [5, 5.41) is 2.68. The minimum absolute atomic E-state index is 0.252. The lowest BCUT2D eigenvalue weighted by molar-refractivity contribution is -0.145. The van der Waals surface area contributed by atoms with Crippen LogP contribution in [-0.4, -0.2) is 31.4 Å². The van der Waals surface area contributed by atoms with Crippen LogP contribution in [0.1, 0.15) is 33.3 Å². The van der Waals surface area contributed by atoms with Gasteiger partial charge in [0.25, 0.3) is 0 Å². The Morgan fingerprint density at radius 2 is 1.78 bits per heavy atom. The monoisotopic (exact) mass is 323 g/mol. The molecule has 1 unspecified atom stereocenters. The lowest BCUT2D eigenvalue weighted by atomic mass is 10.2. The van der Waals surface area contributed by atoms with Crippen molar-refractivity contribution in [1.29, 1.82) is 0 Å². The Balaban J connectivity index is 2.42. The van der Waals surface area contributed by atoms with Gasteiger partial charge in [-0.3, -0.25) is 4.79 Å². The first-order valence-electron chi connectivity index (χ1n) is 7.47. The molecule has 0 aliphatic rings. The summed E-state index contributed by atoms with van der Waals surface area (Å²) in [7, 11) is 1.35. The average Bonchev–Trinajstić information content (AvgIpc) is 2.49. The van der Waals surface area contributed by atoms with Gasteiger partial charge in [0.15, 0.2) is 0 Å². The maximum Gasteiger partial charge on any atom is 0.407 e. The molecule has 0 fully saturated rings. The van der Waals surface area contributed by atoms with Crippen LogP contribution in [0.4, 0.5) is 4.79 Å². The molecule has 1 rings (SSSR count). The van der Waals surface area contributed by atoms with Crippen LogP contribution in [0.3, 0.4) is 0 Å². The van der Waals surface area contributed by atoms with Crippen molar-refractivity contribution in [2.24, 2.45) is 5.92 Å². The van der Waals surface area contributed by atoms with Gasteiger partial charge in [-0.25, -0.2) is 4.79 Å². The molecule has 0 radical (unpaired) electrons. The van der Waals surface area contributed by atoms with Crippen molar-refractivity contribution in [3.8, 4) is 5.75 Å². The largest absolute Gasteiger partial charge is 0.493 e. The second-order valence-electron chi connectivity index (χ2n) is 6.23. The summed E-state index contributed by atoms with van der Waals surface area (Å²) in [6.07, 6.45) is -0.454. The number of ether oxygens (including phenoxy) is 3. The van der Waals surface area contributed by atoms with Crippen molar-refractivity contribution in [1.82, 2.24) is 5.32 Å². The Hall–Kier alpha value is -2.24. The number of carbonyl (C=O) groups excluding carboxylic acids is 2. The number of amides is 1. The van der Waals surface area contributed by atoms with Gasteiger partial charge in [0.1, 0.15) is 18.0 Å². The zero-order chi connectivity index (χ0) is 17.5. The lowest BCUT2D eigenvalue weighted by Crippen LogP contribution is -2.32. The van der Waals surface area contributed by atoms with Crippen molar-refractivity contribution in [2.75, 3.05) is 13.7 Å². The van der Waals surface area contributed by atoms with Crippen LogP contribution in [0.2, 0.25) is 0 Å². The third kappa shape index (κ3) is 7.54. The first-order chi connectivity index (χ1) is 10.7. The highest BCUT2D eigenvalue weighted by Gasteiger charge is 2.16. The summed E-state index contributed by atoms with van der Waals surface area (Å²) >= 11 is 0. The highest BCUT2D eigenvalue weighted by molar-refractivity contribution is 5.71. The Kier molecular flexibility index (Phi) is 6.88. The minimum Gasteiger partial charge on any atom is -0.493 e. The van der Waals surface area contributed by atoms with E-state index in [1.54, 1.807) is 19.1 Å². The van der Waals surface area contributed by atoms with E-state index >= 15 is 0 Å². The predicted molar refractivity (Wildman–Crippen MR) is 86.2 cm³/mol. The van der Waals surface area contributed by atoms with E-state index in [0.29, 0.717) is 12.3 Å². The number of rotatable bonds is 6. The number of hydrogen-bond acceptors (Lipinski definition) is 5. The van der Waals surface area contributed by atoms with Crippen LogP contribution < -0.4 is 10.1 Å². The molecule has 0 aliphatic heterocycles. The van der Waals surface area contributed by atoms with Gasteiger partial charge in [-0.2, -0.15) is 0 Å². The lowest BCUT2D eigenvalue weighted by Gasteiger charge is -2.19. The third-order valence-corrected chi connectivity index (χ3v) is 2.86. The van der Waals surface area contributed by atoms with Crippen LogP contribution in [0.15, 0.2) is 24.3 Å². The summed E-state index contributed by atoms with van der Waals surface area (Å²) in [5.74, 6) is 0.0264. The quantitative estimate of drug-likeness (QED) is 0.815. The number of carbonyl (C=O) groups is 2. The van der Waals surface area contributed by atoms with E-state index in [1.807, 2.05) is 32.9 Å². The van der Waals surface area contributed by atoms with Gasteiger partial charge in [-0.15, -0.1) is 0 Å². The molecule has 1 amide bonds. The number of hydrogen-bond donors (Lipinski definition) is 1. The van der Waals surface area contributed by atoms with Gasteiger partial charge < -0.3 is 19.5 Å². The summed E-state index contributed by atoms with van der Waals surface area (Å²) in [4.78, 5) is 22.8. The van der Waals surface area contributed by atoms with E-state index < -0.39 is 11.7 Å². The molecule has 0 aromatic heterocycles. The smallest absolute Gasteiger partial charge is 0.407 e. The Morgan fingerprint density at radius 3 is 2.30 bits per heavy atom. The molecule has 0 heterocycles. The second kappa shape index (κ2) is 8.41. The Bertz CT molecular complexity index is 519. The zero-order valence-electron chi connectivity index (χ0n) is 14.3. The maximum absolute atomic E-state index is 11.6. The molecule has 0 aliphatic carbocycles. The molecule has 1 atom stereocenters. The molecule has 6 heteroatoms. The highest BCUT2D eigenvalue weighted by Crippen LogP contribution is 2.14. The first-order valence-corrected chi connectivity index (χ1v) is 7.47. The van der Waals surface area contributed by atoms with E-state index in [-0.39, 0.29) is 18.5 Å². The standard InChI is InChI=1S/C17H25NO5/c1-12(15(19)21-5)11-22-14-8-6-13(7-9-14)10-18-16(20)23-17(2,3)4/h6-9,12H,10-11H2,1-5H3,(H,18,20). The summed E-state index contributed by atoms with van der Waals surface area (Å²) < 4.78 is 15.3. The van der Waals surface area contributed by atoms with Crippen LogP contribution in [0, 0.1) is 5.92 Å². The van der Waals surface area contributed by atoms with E-state index in [1.165, 1.54) is 7.11 Å². The van der Waals surface area contributed by atoms with Gasteiger partial charge in [-0.1, -0.05) is 12.1 Å². The number of benzene rings is 1. The van der Waals surface area contributed by atoms with Crippen molar-refractivity contribution in [2.45, 2.75) is 39.8 Å². The normalized spacial score (nSPS) is 12.2. The van der Waals surface area contributed by atoms with Gasteiger partial charge in [-0.05, 0) is 45.4 Å². The molecule has 1 aromatic rings. The Labute approximate surface area is 137 Å². The fourth-order valence-corrected chi connectivity index (χ4v) is 1.68. The van der Waals surface area contributed by atoms with E-state index in [2.05, 4.69) is 10.1 Å². The van der Waals surface area contributed by atoms with Gasteiger partial charge in [0.05, 0.1) is 13.0 Å². The number of nitrogens with one attached hydrogen (secondary N) is 1. The zero-order valence-corrected chi connectivity index (χ0v) is 14.3. The fraction of sp³-hybridized carbons (Fsp3) is 0.529. The fourth-order valence-electron chi connectivity index (χ4n) is 1.68. The molecule has 23 heavy (non-hydrogen) atoms. The van der Waals surface area contributed by atoms with Gasteiger partial charge in [0, 0.05) is 6.54 Å². The maximum atomic E-state index is 11.6. The minimum atomic E-state index is -0.516. The highest BCUT2D eigenvalue weighted by atomic mass is 16.6. The van der Waals surface area contributed by atoms with Crippen molar-refractivity contribution in [3.05, 3.63) is 29.8 Å². The molecular formula is C17H25NO5. The molecule has 6 nitrogen and oxygen atoms in total. The van der Waals surface area contributed by atoms with Gasteiger partial charge >= 0.3 is 12.1 Å². The molecule has 1 aromatic carbocycles. The van der Waals surface area contributed by atoms with Crippen molar-refractivity contribution < 1.29 is 23.8 Å². The SMILES string of the molecule is COC(=O)C(C)COc1ccc(CNC(=O)OC(C)(C)C)cc1.